The molecule has 0 bridgehead atoms. The van der Waals surface area contributed by atoms with Gasteiger partial charge in [-0.2, -0.15) is 21.4 Å². The largest absolute Gasteiger partial charge is 0.375 e. The van der Waals surface area contributed by atoms with Crippen molar-refractivity contribution in [2.75, 3.05) is 19.0 Å². The van der Waals surface area contributed by atoms with Gasteiger partial charge in [0.2, 0.25) is 0 Å². The zero-order valence-electron chi connectivity index (χ0n) is 9.64. The highest BCUT2D eigenvalue weighted by atomic mass is 32.1. The Labute approximate surface area is 99.0 Å². The van der Waals surface area contributed by atoms with Gasteiger partial charge in [0, 0.05) is 0 Å². The van der Waals surface area contributed by atoms with Crippen LogP contribution in [0.5, 0.6) is 0 Å². The molecule has 0 rings (SSSR count). The first-order valence-electron chi connectivity index (χ1n) is 4.96. The van der Waals surface area contributed by atoms with Crippen molar-refractivity contribution in [2.24, 2.45) is 11.3 Å². The molecular weight excluding hydrogens is 244 g/mol. The monoisotopic (exact) mass is 262 g/mol. The summed E-state index contributed by atoms with van der Waals surface area (Å²) < 4.78 is 53.3. The summed E-state index contributed by atoms with van der Waals surface area (Å²) in [6.07, 6.45) is -3.68. The van der Waals surface area contributed by atoms with Crippen LogP contribution in [0.25, 0.3) is 0 Å². The Kier molecular flexibility index (Phi) is 6.11. The van der Waals surface area contributed by atoms with Gasteiger partial charge in [0.25, 0.3) is 0 Å². The summed E-state index contributed by atoms with van der Waals surface area (Å²) in [6.45, 7) is 4.52. The topological polar surface area (TPSA) is 9.23 Å². The molecule has 1 atom stereocenters. The Balaban J connectivity index is 4.06. The molecule has 0 spiro atoms. The fourth-order valence-electron chi connectivity index (χ4n) is 0.977. The average Bonchev–Trinajstić information content (AvgIpc) is 2.10. The van der Waals surface area contributed by atoms with Gasteiger partial charge in [-0.15, -0.1) is 0 Å². The van der Waals surface area contributed by atoms with Crippen LogP contribution in [-0.4, -0.2) is 31.3 Å². The van der Waals surface area contributed by atoms with Gasteiger partial charge in [0.1, 0.15) is 6.61 Å². The van der Waals surface area contributed by atoms with Crippen molar-refractivity contribution in [3.05, 3.63) is 0 Å². The molecule has 0 radical (unpaired) electrons. The third-order valence-electron chi connectivity index (χ3n) is 2.38. The molecule has 0 amide bonds. The van der Waals surface area contributed by atoms with Gasteiger partial charge in [-0.1, -0.05) is 20.8 Å². The number of thiol groups is 1. The second-order valence-corrected chi connectivity index (χ2v) is 5.19. The molecular formula is C10H18F4OS. The van der Waals surface area contributed by atoms with E-state index in [4.69, 9.17) is 0 Å². The SMILES string of the molecule is CC(C)(C)C(CS)COCC(F)(F)C(F)F. The average molecular weight is 262 g/mol. The molecule has 0 N–H and O–H groups in total. The number of hydrogen-bond acceptors (Lipinski definition) is 2. The fourth-order valence-corrected chi connectivity index (χ4v) is 1.63. The molecule has 16 heavy (non-hydrogen) atoms. The van der Waals surface area contributed by atoms with Crippen molar-refractivity contribution < 1.29 is 22.3 Å². The maximum Gasteiger partial charge on any atom is 0.330 e. The second-order valence-electron chi connectivity index (χ2n) is 4.82. The van der Waals surface area contributed by atoms with Crippen LogP contribution in [0.4, 0.5) is 17.6 Å². The van der Waals surface area contributed by atoms with Crippen molar-refractivity contribution in [1.82, 2.24) is 0 Å². The molecule has 0 saturated heterocycles. The highest BCUT2D eigenvalue weighted by Crippen LogP contribution is 2.28. The minimum absolute atomic E-state index is 0.00924. The van der Waals surface area contributed by atoms with Crippen LogP contribution in [0.3, 0.4) is 0 Å². The first kappa shape index (κ1) is 16.0. The maximum absolute atomic E-state index is 12.5. The summed E-state index contributed by atoms with van der Waals surface area (Å²) in [5.74, 6) is -3.66. The summed E-state index contributed by atoms with van der Waals surface area (Å²) in [6, 6.07) is 0. The van der Waals surface area contributed by atoms with Crippen LogP contribution in [0.15, 0.2) is 0 Å². The summed E-state index contributed by atoms with van der Waals surface area (Å²) >= 11 is 4.08. The van der Waals surface area contributed by atoms with E-state index in [-0.39, 0.29) is 17.9 Å². The molecule has 0 aromatic carbocycles. The van der Waals surface area contributed by atoms with Crippen LogP contribution < -0.4 is 0 Å². The van der Waals surface area contributed by atoms with E-state index in [0.717, 1.165) is 0 Å². The summed E-state index contributed by atoms with van der Waals surface area (Å²) in [5.41, 5.74) is -0.151. The molecule has 0 aromatic heterocycles. The van der Waals surface area contributed by atoms with E-state index in [2.05, 4.69) is 17.4 Å². The molecule has 0 aromatic rings. The van der Waals surface area contributed by atoms with Gasteiger partial charge in [-0.3, -0.25) is 0 Å². The molecule has 0 aliphatic rings. The van der Waals surface area contributed by atoms with Crippen LogP contribution in [0, 0.1) is 11.3 Å². The van der Waals surface area contributed by atoms with E-state index in [9.17, 15) is 17.6 Å². The maximum atomic E-state index is 12.5. The quantitative estimate of drug-likeness (QED) is 0.569. The van der Waals surface area contributed by atoms with Gasteiger partial charge in [0.15, 0.2) is 0 Å². The minimum Gasteiger partial charge on any atom is -0.375 e. The lowest BCUT2D eigenvalue weighted by Crippen LogP contribution is -2.35. The highest BCUT2D eigenvalue weighted by Gasteiger charge is 2.41. The molecule has 0 heterocycles. The van der Waals surface area contributed by atoms with Crippen molar-refractivity contribution in [1.29, 1.82) is 0 Å². The Morgan fingerprint density at radius 2 is 1.69 bits per heavy atom. The fraction of sp³-hybridized carbons (Fsp3) is 1.00. The summed E-state index contributed by atoms with van der Waals surface area (Å²) in [7, 11) is 0. The van der Waals surface area contributed by atoms with E-state index in [0.29, 0.717) is 5.75 Å². The van der Waals surface area contributed by atoms with E-state index in [1.165, 1.54) is 0 Å². The Hall–Kier alpha value is 0.0300. The second kappa shape index (κ2) is 6.10. The predicted molar refractivity (Wildman–Crippen MR) is 58.6 cm³/mol. The number of ether oxygens (including phenoxy) is 1. The van der Waals surface area contributed by atoms with Crippen molar-refractivity contribution in [3.8, 4) is 0 Å². The molecule has 1 unspecified atom stereocenters. The van der Waals surface area contributed by atoms with Gasteiger partial charge in [-0.25, -0.2) is 8.78 Å². The van der Waals surface area contributed by atoms with E-state index in [1.807, 2.05) is 20.8 Å². The van der Waals surface area contributed by atoms with Crippen molar-refractivity contribution >= 4 is 12.6 Å². The minimum atomic E-state index is -4.07. The van der Waals surface area contributed by atoms with Crippen LogP contribution in [0.1, 0.15) is 20.8 Å². The normalized spacial score (nSPS) is 15.6. The number of alkyl halides is 4. The van der Waals surface area contributed by atoms with Gasteiger partial charge in [0.05, 0.1) is 6.61 Å². The summed E-state index contributed by atoms with van der Waals surface area (Å²) in [4.78, 5) is 0. The molecule has 0 fully saturated rings. The van der Waals surface area contributed by atoms with Crippen LogP contribution >= 0.6 is 12.6 Å². The van der Waals surface area contributed by atoms with Crippen LogP contribution in [-0.2, 0) is 4.74 Å². The number of halogens is 4. The smallest absolute Gasteiger partial charge is 0.330 e. The van der Waals surface area contributed by atoms with E-state index in [1.54, 1.807) is 0 Å². The third-order valence-corrected chi connectivity index (χ3v) is 2.82. The number of rotatable bonds is 6. The summed E-state index contributed by atoms with van der Waals surface area (Å²) in [5, 5.41) is 0. The van der Waals surface area contributed by atoms with Crippen molar-refractivity contribution in [2.45, 2.75) is 33.1 Å². The lowest BCUT2D eigenvalue weighted by Gasteiger charge is -2.29. The van der Waals surface area contributed by atoms with Crippen molar-refractivity contribution in [3.63, 3.8) is 0 Å². The molecule has 6 heteroatoms. The lowest BCUT2D eigenvalue weighted by atomic mass is 9.82. The first-order valence-corrected chi connectivity index (χ1v) is 5.59. The van der Waals surface area contributed by atoms with Crippen LogP contribution in [0.2, 0.25) is 0 Å². The van der Waals surface area contributed by atoms with Gasteiger partial charge in [-0.05, 0) is 17.1 Å². The lowest BCUT2D eigenvalue weighted by molar-refractivity contribution is -0.169. The first-order chi connectivity index (χ1) is 7.11. The zero-order chi connectivity index (χ0) is 13.0. The van der Waals surface area contributed by atoms with Gasteiger partial charge >= 0.3 is 12.3 Å². The van der Waals surface area contributed by atoms with E-state index < -0.39 is 19.0 Å². The molecule has 1 nitrogen and oxygen atoms in total. The Morgan fingerprint density at radius 1 is 1.19 bits per heavy atom. The third kappa shape index (κ3) is 5.39. The standard InChI is InChI=1S/C10H18F4OS/c1-9(2,3)7(5-16)4-15-6-10(13,14)8(11)12/h7-8,16H,4-6H2,1-3H3. The molecule has 0 saturated carbocycles. The molecule has 0 aliphatic heterocycles. The highest BCUT2D eigenvalue weighted by molar-refractivity contribution is 7.80. The molecule has 0 aliphatic carbocycles. The number of hydrogen-bond donors (Lipinski definition) is 1. The Morgan fingerprint density at radius 3 is 2.00 bits per heavy atom. The molecule has 98 valence electrons. The van der Waals surface area contributed by atoms with E-state index >= 15 is 0 Å². The predicted octanol–water partition coefficient (Wildman–Crippen LogP) is 3.50. The van der Waals surface area contributed by atoms with Gasteiger partial charge < -0.3 is 4.74 Å². The zero-order valence-corrected chi connectivity index (χ0v) is 10.5. The Bertz CT molecular complexity index is 203.